The third-order valence-corrected chi connectivity index (χ3v) is 4.97. The summed E-state index contributed by atoms with van der Waals surface area (Å²) in [5, 5.41) is 8.75. The van der Waals surface area contributed by atoms with Crippen LogP contribution in [-0.4, -0.2) is 43.5 Å². The highest BCUT2D eigenvalue weighted by Gasteiger charge is 2.34. The zero-order valence-corrected chi connectivity index (χ0v) is 13.8. The molecule has 2 aromatic rings. The van der Waals surface area contributed by atoms with E-state index >= 15 is 0 Å². The van der Waals surface area contributed by atoms with E-state index in [0.717, 1.165) is 42.8 Å². The van der Waals surface area contributed by atoms with Crippen molar-refractivity contribution >= 4 is 5.91 Å². The number of rotatable bonds is 3. The van der Waals surface area contributed by atoms with Crippen LogP contribution in [0.15, 0.2) is 18.6 Å². The number of nitrogens with zero attached hydrogens (tertiary/aromatic N) is 5. The number of carbonyl (C=O) groups is 1. The van der Waals surface area contributed by atoms with Crippen molar-refractivity contribution in [1.82, 2.24) is 24.5 Å². The Morgan fingerprint density at radius 2 is 2.04 bits per heavy atom. The molecule has 2 aromatic heterocycles. The van der Waals surface area contributed by atoms with Gasteiger partial charge in [0.15, 0.2) is 0 Å². The van der Waals surface area contributed by atoms with Crippen molar-refractivity contribution in [3.05, 3.63) is 35.4 Å². The first-order valence-electron chi connectivity index (χ1n) is 8.45. The zero-order chi connectivity index (χ0) is 16.0. The van der Waals surface area contributed by atoms with Gasteiger partial charge in [0.1, 0.15) is 0 Å². The van der Waals surface area contributed by atoms with Crippen molar-refractivity contribution in [3.8, 4) is 0 Å². The van der Waals surface area contributed by atoms with Crippen LogP contribution < -0.4 is 0 Å². The predicted molar refractivity (Wildman–Crippen MR) is 86.3 cm³/mol. The van der Waals surface area contributed by atoms with Gasteiger partial charge in [-0.25, -0.2) is 0 Å². The van der Waals surface area contributed by atoms with E-state index in [2.05, 4.69) is 16.4 Å². The third-order valence-electron chi connectivity index (χ3n) is 4.97. The topological polar surface area (TPSA) is 56.0 Å². The van der Waals surface area contributed by atoms with Crippen LogP contribution in [0.1, 0.15) is 59.3 Å². The first-order chi connectivity index (χ1) is 11.1. The van der Waals surface area contributed by atoms with Crippen LogP contribution >= 0.6 is 0 Å². The van der Waals surface area contributed by atoms with Crippen LogP contribution in [0.4, 0.5) is 0 Å². The summed E-state index contributed by atoms with van der Waals surface area (Å²) in [6.07, 6.45) is 10.1. The zero-order valence-electron chi connectivity index (χ0n) is 13.8. The first-order valence-corrected chi connectivity index (χ1v) is 8.45. The van der Waals surface area contributed by atoms with E-state index in [-0.39, 0.29) is 11.9 Å². The normalized spacial score (nSPS) is 21.7. The lowest BCUT2D eigenvalue weighted by atomic mass is 10.0. The predicted octanol–water partition coefficient (Wildman–Crippen LogP) is 2.28. The summed E-state index contributed by atoms with van der Waals surface area (Å²) in [5.74, 6) is 0.657. The smallest absolute Gasteiger partial charge is 0.257 e. The SMILES string of the molecule is Cc1cnn(C2CCCN(C(=O)c3cnn(C)c3C3CC3)C2)c1. The summed E-state index contributed by atoms with van der Waals surface area (Å²) < 4.78 is 3.89. The third kappa shape index (κ3) is 2.66. The van der Waals surface area contributed by atoms with Gasteiger partial charge in [-0.3, -0.25) is 14.2 Å². The van der Waals surface area contributed by atoms with Gasteiger partial charge in [0, 0.05) is 32.3 Å². The molecule has 0 N–H and O–H groups in total. The monoisotopic (exact) mass is 313 g/mol. The lowest BCUT2D eigenvalue weighted by Crippen LogP contribution is -2.41. The van der Waals surface area contributed by atoms with E-state index in [1.807, 2.05) is 34.4 Å². The lowest BCUT2D eigenvalue weighted by molar-refractivity contribution is 0.0671. The molecule has 2 fully saturated rings. The highest BCUT2D eigenvalue weighted by Crippen LogP contribution is 2.41. The van der Waals surface area contributed by atoms with Gasteiger partial charge in [-0.05, 0) is 38.2 Å². The molecule has 23 heavy (non-hydrogen) atoms. The number of carbonyl (C=O) groups excluding carboxylic acids is 1. The van der Waals surface area contributed by atoms with Crippen LogP contribution in [-0.2, 0) is 7.05 Å². The minimum Gasteiger partial charge on any atom is -0.336 e. The summed E-state index contributed by atoms with van der Waals surface area (Å²) >= 11 is 0. The summed E-state index contributed by atoms with van der Waals surface area (Å²) in [6, 6.07) is 0.280. The molecule has 1 amide bonds. The Kier molecular flexibility index (Phi) is 3.47. The molecular weight excluding hydrogens is 290 g/mol. The molecule has 2 aliphatic rings. The highest BCUT2D eigenvalue weighted by molar-refractivity contribution is 5.95. The lowest BCUT2D eigenvalue weighted by Gasteiger charge is -2.33. The van der Waals surface area contributed by atoms with Gasteiger partial charge in [-0.1, -0.05) is 0 Å². The quantitative estimate of drug-likeness (QED) is 0.873. The van der Waals surface area contributed by atoms with E-state index in [1.54, 1.807) is 6.20 Å². The Hall–Kier alpha value is -2.11. The number of aryl methyl sites for hydroxylation is 2. The first kappa shape index (κ1) is 14.5. The van der Waals surface area contributed by atoms with E-state index in [9.17, 15) is 4.79 Å². The Morgan fingerprint density at radius 1 is 1.22 bits per heavy atom. The Morgan fingerprint density at radius 3 is 2.74 bits per heavy atom. The van der Waals surface area contributed by atoms with Gasteiger partial charge < -0.3 is 4.90 Å². The minimum absolute atomic E-state index is 0.133. The minimum atomic E-state index is 0.133. The van der Waals surface area contributed by atoms with Crippen molar-refractivity contribution in [1.29, 1.82) is 0 Å². The number of aromatic nitrogens is 4. The summed E-state index contributed by atoms with van der Waals surface area (Å²) in [6.45, 7) is 3.61. The second kappa shape index (κ2) is 5.51. The van der Waals surface area contributed by atoms with Crippen LogP contribution in [0.3, 0.4) is 0 Å². The van der Waals surface area contributed by atoms with Crippen molar-refractivity contribution < 1.29 is 4.79 Å². The molecule has 1 unspecified atom stereocenters. The van der Waals surface area contributed by atoms with Gasteiger partial charge in [-0.15, -0.1) is 0 Å². The van der Waals surface area contributed by atoms with Gasteiger partial charge in [0.25, 0.3) is 5.91 Å². The fourth-order valence-electron chi connectivity index (χ4n) is 3.61. The highest BCUT2D eigenvalue weighted by atomic mass is 16.2. The standard InChI is InChI=1S/C17H23N5O/c1-12-8-19-22(10-12)14-4-3-7-21(11-14)17(23)15-9-18-20(2)16(15)13-5-6-13/h8-10,13-14H,3-7,11H2,1-2H3. The molecule has 1 saturated heterocycles. The largest absolute Gasteiger partial charge is 0.336 e. The maximum Gasteiger partial charge on any atom is 0.257 e. The van der Waals surface area contributed by atoms with Crippen LogP contribution in [0.2, 0.25) is 0 Å². The summed E-state index contributed by atoms with van der Waals surface area (Å²) in [7, 11) is 1.94. The number of likely N-dealkylation sites (tertiary alicyclic amines) is 1. The number of amides is 1. The van der Waals surface area contributed by atoms with Crippen molar-refractivity contribution in [3.63, 3.8) is 0 Å². The van der Waals surface area contributed by atoms with E-state index < -0.39 is 0 Å². The molecular formula is C17H23N5O. The van der Waals surface area contributed by atoms with Crippen LogP contribution in [0, 0.1) is 6.92 Å². The number of hydrogen-bond donors (Lipinski definition) is 0. The Labute approximate surface area is 136 Å². The average molecular weight is 313 g/mol. The van der Waals surface area contributed by atoms with Gasteiger partial charge >= 0.3 is 0 Å². The summed E-state index contributed by atoms with van der Waals surface area (Å²) in [5.41, 5.74) is 3.08. The van der Waals surface area contributed by atoms with Gasteiger partial charge in [0.2, 0.25) is 0 Å². The molecule has 6 nitrogen and oxygen atoms in total. The summed E-state index contributed by atoms with van der Waals surface area (Å²) in [4.78, 5) is 15.0. The molecule has 0 radical (unpaired) electrons. The molecule has 0 bridgehead atoms. The van der Waals surface area contributed by atoms with E-state index in [0.29, 0.717) is 5.92 Å². The Balaban J connectivity index is 1.54. The average Bonchev–Trinajstić information content (AvgIpc) is 3.18. The molecule has 1 atom stereocenters. The fraction of sp³-hybridized carbons (Fsp3) is 0.588. The maximum absolute atomic E-state index is 13.0. The maximum atomic E-state index is 13.0. The molecule has 122 valence electrons. The fourth-order valence-corrected chi connectivity index (χ4v) is 3.61. The second-order valence-electron chi connectivity index (χ2n) is 6.89. The molecule has 6 heteroatoms. The van der Waals surface area contributed by atoms with Crippen molar-refractivity contribution in [2.45, 2.75) is 44.6 Å². The molecule has 4 rings (SSSR count). The van der Waals surface area contributed by atoms with E-state index in [1.165, 1.54) is 12.8 Å². The molecule has 1 aliphatic carbocycles. The molecule has 0 aromatic carbocycles. The Bertz CT molecular complexity index is 727. The molecule has 0 spiro atoms. The van der Waals surface area contributed by atoms with Crippen molar-refractivity contribution in [2.75, 3.05) is 13.1 Å². The van der Waals surface area contributed by atoms with Crippen LogP contribution in [0.25, 0.3) is 0 Å². The van der Waals surface area contributed by atoms with Gasteiger partial charge in [0.05, 0.1) is 29.7 Å². The van der Waals surface area contributed by atoms with Gasteiger partial charge in [-0.2, -0.15) is 10.2 Å². The van der Waals surface area contributed by atoms with E-state index in [4.69, 9.17) is 0 Å². The second-order valence-corrected chi connectivity index (χ2v) is 6.89. The number of piperidine rings is 1. The van der Waals surface area contributed by atoms with Crippen LogP contribution in [0.5, 0.6) is 0 Å². The molecule has 1 aliphatic heterocycles. The van der Waals surface area contributed by atoms with Crippen molar-refractivity contribution in [2.24, 2.45) is 7.05 Å². The molecule has 3 heterocycles. The number of hydrogen-bond acceptors (Lipinski definition) is 3. The molecule has 1 saturated carbocycles.